The monoisotopic (exact) mass is 408 g/mol. The first kappa shape index (κ1) is 19.6. The molecular weight excluding hydrogens is 387 g/mol. The molecule has 26 heavy (non-hydrogen) atoms. The van der Waals surface area contributed by atoms with Crippen molar-refractivity contribution in [3.63, 3.8) is 0 Å². The lowest BCUT2D eigenvalue weighted by atomic mass is 10.1. The molecule has 2 aromatic carbocycles. The van der Waals surface area contributed by atoms with Gasteiger partial charge in [0.15, 0.2) is 0 Å². The summed E-state index contributed by atoms with van der Waals surface area (Å²) in [5.41, 5.74) is 3.69. The summed E-state index contributed by atoms with van der Waals surface area (Å²) in [5, 5.41) is 6.44. The first-order valence-corrected chi connectivity index (χ1v) is 9.70. The second kappa shape index (κ2) is 8.67. The minimum absolute atomic E-state index is 0. The standard InChI is InChI=1S/C21H22Cl2N2.ClH/c22-17-10-9-15(20(23)11-17)13-25-14-16(12-24-18-5-1-2-6-18)19-7-3-4-8-21(19)25;/h3-4,7-11,14,18,24H,1-2,5-6,12-13H2;1H. The Bertz CT molecular complexity index is 882. The van der Waals surface area contributed by atoms with Gasteiger partial charge in [0.1, 0.15) is 0 Å². The van der Waals surface area contributed by atoms with Crippen molar-refractivity contribution in [2.75, 3.05) is 0 Å². The van der Waals surface area contributed by atoms with E-state index in [1.165, 1.54) is 42.1 Å². The van der Waals surface area contributed by atoms with Crippen molar-refractivity contribution in [3.8, 4) is 0 Å². The molecule has 2 nitrogen and oxygen atoms in total. The Morgan fingerprint density at radius 3 is 2.54 bits per heavy atom. The Morgan fingerprint density at radius 1 is 1.00 bits per heavy atom. The molecule has 1 aromatic heterocycles. The maximum absolute atomic E-state index is 6.37. The van der Waals surface area contributed by atoms with E-state index in [1.54, 1.807) is 0 Å². The van der Waals surface area contributed by atoms with E-state index in [-0.39, 0.29) is 12.4 Å². The van der Waals surface area contributed by atoms with Crippen molar-refractivity contribution < 1.29 is 0 Å². The fourth-order valence-electron chi connectivity index (χ4n) is 3.81. The predicted octanol–water partition coefficient (Wildman–Crippen LogP) is 6.45. The summed E-state index contributed by atoms with van der Waals surface area (Å²) in [5.74, 6) is 0. The summed E-state index contributed by atoms with van der Waals surface area (Å²) in [4.78, 5) is 0. The molecule has 138 valence electrons. The van der Waals surface area contributed by atoms with Crippen molar-refractivity contribution in [1.82, 2.24) is 9.88 Å². The molecular formula is C21H23Cl3N2. The second-order valence-electron chi connectivity index (χ2n) is 6.90. The van der Waals surface area contributed by atoms with Gasteiger partial charge in [0.2, 0.25) is 0 Å². The molecule has 4 rings (SSSR count). The molecule has 0 radical (unpaired) electrons. The van der Waals surface area contributed by atoms with Crippen molar-refractivity contribution in [3.05, 3.63) is 69.8 Å². The highest BCUT2D eigenvalue weighted by Crippen LogP contribution is 2.27. The SMILES string of the molecule is Cl.Clc1ccc(Cn2cc(CNC3CCCC3)c3ccccc32)c(Cl)c1. The lowest BCUT2D eigenvalue weighted by Gasteiger charge is -2.10. The smallest absolute Gasteiger partial charge is 0.0491 e. The van der Waals surface area contributed by atoms with Crippen molar-refractivity contribution in [2.24, 2.45) is 0 Å². The minimum atomic E-state index is 0. The van der Waals surface area contributed by atoms with Crippen LogP contribution in [-0.2, 0) is 13.1 Å². The van der Waals surface area contributed by atoms with Gasteiger partial charge in [-0.2, -0.15) is 0 Å². The van der Waals surface area contributed by atoms with Crippen LogP contribution in [0.5, 0.6) is 0 Å². The Balaban J connectivity index is 0.00000196. The molecule has 0 atom stereocenters. The number of fused-ring (bicyclic) bond motifs is 1. The number of hydrogen-bond donors (Lipinski definition) is 1. The largest absolute Gasteiger partial charge is 0.343 e. The van der Waals surface area contributed by atoms with Crippen molar-refractivity contribution in [2.45, 2.75) is 44.8 Å². The Kier molecular flexibility index (Phi) is 6.52. The molecule has 5 heteroatoms. The van der Waals surface area contributed by atoms with Gasteiger partial charge in [-0.25, -0.2) is 0 Å². The maximum Gasteiger partial charge on any atom is 0.0491 e. The Morgan fingerprint density at radius 2 is 1.77 bits per heavy atom. The van der Waals surface area contributed by atoms with Crippen LogP contribution in [0.25, 0.3) is 10.9 Å². The topological polar surface area (TPSA) is 17.0 Å². The number of para-hydroxylation sites is 1. The molecule has 1 N–H and O–H groups in total. The molecule has 0 amide bonds. The van der Waals surface area contributed by atoms with E-state index in [2.05, 4.69) is 40.3 Å². The number of rotatable bonds is 5. The molecule has 0 spiro atoms. The fourth-order valence-corrected chi connectivity index (χ4v) is 4.28. The van der Waals surface area contributed by atoms with E-state index in [4.69, 9.17) is 23.2 Å². The Hall–Kier alpha value is -1.19. The third-order valence-corrected chi connectivity index (χ3v) is 5.75. The number of nitrogens with one attached hydrogen (secondary N) is 1. The van der Waals surface area contributed by atoms with Crippen LogP contribution >= 0.6 is 35.6 Å². The van der Waals surface area contributed by atoms with Crippen LogP contribution in [-0.4, -0.2) is 10.6 Å². The molecule has 1 aliphatic rings. The van der Waals surface area contributed by atoms with Crippen LogP contribution in [0.1, 0.15) is 36.8 Å². The zero-order valence-corrected chi connectivity index (χ0v) is 16.9. The molecule has 1 heterocycles. The molecule has 0 aliphatic heterocycles. The molecule has 0 saturated heterocycles. The number of nitrogens with zero attached hydrogens (tertiary/aromatic N) is 1. The lowest BCUT2D eigenvalue weighted by Crippen LogP contribution is -2.25. The lowest BCUT2D eigenvalue weighted by molar-refractivity contribution is 0.525. The zero-order valence-electron chi connectivity index (χ0n) is 14.6. The number of hydrogen-bond acceptors (Lipinski definition) is 1. The van der Waals surface area contributed by atoms with E-state index in [1.807, 2.05) is 18.2 Å². The summed E-state index contributed by atoms with van der Waals surface area (Å²) < 4.78 is 2.29. The average molecular weight is 410 g/mol. The summed E-state index contributed by atoms with van der Waals surface area (Å²) >= 11 is 12.4. The number of halogens is 3. The quantitative estimate of drug-likeness (QED) is 0.512. The number of benzene rings is 2. The molecule has 1 saturated carbocycles. The normalized spacial score (nSPS) is 14.7. The molecule has 1 fully saturated rings. The third-order valence-electron chi connectivity index (χ3n) is 5.16. The van der Waals surface area contributed by atoms with Crippen LogP contribution < -0.4 is 5.32 Å². The summed E-state index contributed by atoms with van der Waals surface area (Å²) in [6.45, 7) is 1.67. The van der Waals surface area contributed by atoms with Crippen LogP contribution in [0.15, 0.2) is 48.7 Å². The average Bonchev–Trinajstić information content (AvgIpc) is 3.24. The van der Waals surface area contributed by atoms with Gasteiger partial charge < -0.3 is 9.88 Å². The molecule has 1 aliphatic carbocycles. The third kappa shape index (κ3) is 4.20. The zero-order chi connectivity index (χ0) is 17.2. The predicted molar refractivity (Wildman–Crippen MR) is 114 cm³/mol. The van der Waals surface area contributed by atoms with Crippen LogP contribution in [0.2, 0.25) is 10.0 Å². The molecule has 3 aromatic rings. The van der Waals surface area contributed by atoms with Gasteiger partial charge in [0.05, 0.1) is 0 Å². The van der Waals surface area contributed by atoms with Gasteiger partial charge in [-0.3, -0.25) is 0 Å². The van der Waals surface area contributed by atoms with E-state index in [9.17, 15) is 0 Å². The van der Waals surface area contributed by atoms with Gasteiger partial charge in [-0.15, -0.1) is 12.4 Å². The summed E-state index contributed by atoms with van der Waals surface area (Å²) in [6.07, 6.45) is 7.58. The van der Waals surface area contributed by atoms with Gasteiger partial charge in [0, 0.05) is 46.3 Å². The Labute approximate surface area is 170 Å². The van der Waals surface area contributed by atoms with E-state index < -0.39 is 0 Å². The van der Waals surface area contributed by atoms with Gasteiger partial charge in [-0.1, -0.05) is 60.3 Å². The molecule has 0 bridgehead atoms. The van der Waals surface area contributed by atoms with Gasteiger partial charge in [0.25, 0.3) is 0 Å². The van der Waals surface area contributed by atoms with Crippen LogP contribution in [0.4, 0.5) is 0 Å². The highest BCUT2D eigenvalue weighted by atomic mass is 35.5. The van der Waals surface area contributed by atoms with Crippen LogP contribution in [0, 0.1) is 0 Å². The van der Waals surface area contributed by atoms with Crippen LogP contribution in [0.3, 0.4) is 0 Å². The van der Waals surface area contributed by atoms with Gasteiger partial charge in [-0.05, 0) is 42.2 Å². The second-order valence-corrected chi connectivity index (χ2v) is 7.74. The first-order chi connectivity index (χ1) is 12.2. The molecule has 0 unspecified atom stereocenters. The van der Waals surface area contributed by atoms with E-state index in [0.29, 0.717) is 11.1 Å². The summed E-state index contributed by atoms with van der Waals surface area (Å²) in [6, 6.07) is 15.0. The maximum atomic E-state index is 6.37. The first-order valence-electron chi connectivity index (χ1n) is 8.95. The fraction of sp³-hybridized carbons (Fsp3) is 0.333. The van der Waals surface area contributed by atoms with Gasteiger partial charge >= 0.3 is 0 Å². The highest BCUT2D eigenvalue weighted by Gasteiger charge is 2.16. The van der Waals surface area contributed by atoms with E-state index >= 15 is 0 Å². The number of aromatic nitrogens is 1. The van der Waals surface area contributed by atoms with Crippen molar-refractivity contribution in [1.29, 1.82) is 0 Å². The van der Waals surface area contributed by atoms with Crippen molar-refractivity contribution >= 4 is 46.5 Å². The summed E-state index contributed by atoms with van der Waals surface area (Å²) in [7, 11) is 0. The minimum Gasteiger partial charge on any atom is -0.343 e. The van der Waals surface area contributed by atoms with E-state index in [0.717, 1.165) is 23.7 Å². The highest BCUT2D eigenvalue weighted by molar-refractivity contribution is 6.35.